The van der Waals surface area contributed by atoms with Crippen LogP contribution < -0.4 is 11.1 Å². The van der Waals surface area contributed by atoms with Crippen LogP contribution in [0.1, 0.15) is 6.42 Å². The molecule has 1 heterocycles. The predicted molar refractivity (Wildman–Crippen MR) is 47.9 cm³/mol. The zero-order chi connectivity index (χ0) is 8.27. The van der Waals surface area contributed by atoms with Gasteiger partial charge >= 0.3 is 0 Å². The van der Waals surface area contributed by atoms with Crippen LogP contribution in [0.15, 0.2) is 22.3 Å². The van der Waals surface area contributed by atoms with Crippen LogP contribution in [0.25, 0.3) is 0 Å². The third-order valence-electron chi connectivity index (χ3n) is 1.52. The van der Waals surface area contributed by atoms with Gasteiger partial charge in [-0.25, -0.2) is 0 Å². The summed E-state index contributed by atoms with van der Waals surface area (Å²) in [6.45, 7) is 0.140. The number of aliphatic hydroxyl groups excluding tert-OH is 1. The van der Waals surface area contributed by atoms with Crippen molar-refractivity contribution in [1.82, 2.24) is 5.32 Å². The molecule has 0 aliphatic carbocycles. The molecule has 1 atom stereocenters. The van der Waals surface area contributed by atoms with Gasteiger partial charge in [0.15, 0.2) is 0 Å². The van der Waals surface area contributed by atoms with Gasteiger partial charge in [-0.05, 0) is 34.0 Å². The molecule has 1 aliphatic rings. The second kappa shape index (κ2) is 3.90. The molecular weight excluding hydrogens is 208 g/mol. The van der Waals surface area contributed by atoms with Crippen LogP contribution in [0, 0.1) is 0 Å². The number of rotatable bonds is 2. The highest BCUT2D eigenvalue weighted by Gasteiger charge is 2.10. The van der Waals surface area contributed by atoms with E-state index in [2.05, 4.69) is 21.2 Å². The van der Waals surface area contributed by atoms with Crippen molar-refractivity contribution in [3.8, 4) is 0 Å². The van der Waals surface area contributed by atoms with E-state index in [0.29, 0.717) is 6.42 Å². The molecule has 0 bridgehead atoms. The molecule has 11 heavy (non-hydrogen) atoms. The third kappa shape index (κ3) is 2.32. The lowest BCUT2D eigenvalue weighted by Gasteiger charge is -2.19. The van der Waals surface area contributed by atoms with Gasteiger partial charge < -0.3 is 16.2 Å². The van der Waals surface area contributed by atoms with Crippen LogP contribution in [0.4, 0.5) is 0 Å². The maximum absolute atomic E-state index is 8.66. The van der Waals surface area contributed by atoms with Crippen molar-refractivity contribution in [3.63, 3.8) is 0 Å². The van der Waals surface area contributed by atoms with E-state index < -0.39 is 0 Å². The normalized spacial score (nSPS) is 23.7. The molecule has 4 heteroatoms. The van der Waals surface area contributed by atoms with Crippen LogP contribution in [-0.2, 0) is 0 Å². The molecule has 1 unspecified atom stereocenters. The molecule has 1 aliphatic heterocycles. The first-order chi connectivity index (χ1) is 5.24. The summed E-state index contributed by atoms with van der Waals surface area (Å²) in [6.07, 6.45) is 4.20. The molecule has 0 aromatic carbocycles. The first-order valence-electron chi connectivity index (χ1n) is 3.42. The highest BCUT2D eigenvalue weighted by Crippen LogP contribution is 2.16. The molecule has 0 fully saturated rings. The number of hydrogen-bond donors (Lipinski definition) is 3. The fourth-order valence-electron chi connectivity index (χ4n) is 0.942. The van der Waals surface area contributed by atoms with Gasteiger partial charge in [-0.2, -0.15) is 0 Å². The van der Waals surface area contributed by atoms with Crippen molar-refractivity contribution < 1.29 is 5.11 Å². The van der Waals surface area contributed by atoms with Crippen molar-refractivity contribution in [2.75, 3.05) is 6.61 Å². The lowest BCUT2D eigenvalue weighted by molar-refractivity contribution is 0.295. The minimum Gasteiger partial charge on any atom is -0.396 e. The number of nitrogens with one attached hydrogen (secondary N) is 1. The molecule has 3 nitrogen and oxygen atoms in total. The third-order valence-corrected chi connectivity index (χ3v) is 1.98. The van der Waals surface area contributed by atoms with Crippen LogP contribution in [-0.4, -0.2) is 17.9 Å². The molecular formula is C7H11BrN2O. The maximum atomic E-state index is 8.66. The minimum absolute atomic E-state index is 0.140. The standard InChI is InChI=1S/C7H11BrN2O/c8-6-3-5(1-2-11)7(9)10-4-6/h3-4,7,10-11H,1-2,9H2. The van der Waals surface area contributed by atoms with E-state index in [0.717, 1.165) is 10.1 Å². The average Bonchev–Trinajstić information content (AvgIpc) is 1.98. The molecule has 1 rings (SSSR count). The van der Waals surface area contributed by atoms with Crippen LogP contribution in [0.5, 0.6) is 0 Å². The number of hydrogen-bond acceptors (Lipinski definition) is 3. The van der Waals surface area contributed by atoms with Crippen molar-refractivity contribution in [2.24, 2.45) is 5.73 Å². The topological polar surface area (TPSA) is 58.3 Å². The summed E-state index contributed by atoms with van der Waals surface area (Å²) >= 11 is 3.31. The quantitative estimate of drug-likeness (QED) is 0.630. The summed E-state index contributed by atoms with van der Waals surface area (Å²) in [5, 5.41) is 11.6. The lowest BCUT2D eigenvalue weighted by Crippen LogP contribution is -2.37. The van der Waals surface area contributed by atoms with E-state index in [4.69, 9.17) is 10.8 Å². The zero-order valence-electron chi connectivity index (χ0n) is 6.05. The van der Waals surface area contributed by atoms with Gasteiger partial charge in [0.05, 0.1) is 6.17 Å². The summed E-state index contributed by atoms with van der Waals surface area (Å²) < 4.78 is 0.961. The van der Waals surface area contributed by atoms with Crippen LogP contribution in [0.3, 0.4) is 0 Å². The molecule has 0 aromatic heterocycles. The van der Waals surface area contributed by atoms with Crippen molar-refractivity contribution in [1.29, 1.82) is 0 Å². The first kappa shape index (κ1) is 8.77. The Morgan fingerprint density at radius 1 is 1.73 bits per heavy atom. The molecule has 0 saturated heterocycles. The van der Waals surface area contributed by atoms with Crippen LogP contribution >= 0.6 is 15.9 Å². The van der Waals surface area contributed by atoms with E-state index in [9.17, 15) is 0 Å². The van der Waals surface area contributed by atoms with Gasteiger partial charge in [-0.1, -0.05) is 0 Å². The molecule has 0 aromatic rings. The van der Waals surface area contributed by atoms with Gasteiger partial charge in [0.25, 0.3) is 0 Å². The number of halogens is 1. The fraction of sp³-hybridized carbons (Fsp3) is 0.429. The molecule has 0 spiro atoms. The van der Waals surface area contributed by atoms with Gasteiger partial charge in [-0.3, -0.25) is 0 Å². The Bertz CT molecular complexity index is 201. The van der Waals surface area contributed by atoms with E-state index in [-0.39, 0.29) is 12.8 Å². The Hall–Kier alpha value is -0.320. The number of aliphatic hydroxyl groups is 1. The molecule has 0 amide bonds. The van der Waals surface area contributed by atoms with E-state index in [1.54, 1.807) is 6.20 Å². The second-order valence-electron chi connectivity index (χ2n) is 2.37. The zero-order valence-corrected chi connectivity index (χ0v) is 7.63. The smallest absolute Gasteiger partial charge is 0.0965 e. The van der Waals surface area contributed by atoms with Crippen LogP contribution in [0.2, 0.25) is 0 Å². The van der Waals surface area contributed by atoms with Gasteiger partial charge in [0, 0.05) is 17.3 Å². The van der Waals surface area contributed by atoms with E-state index >= 15 is 0 Å². The first-order valence-corrected chi connectivity index (χ1v) is 4.22. The summed E-state index contributed by atoms with van der Waals surface area (Å²) in [5.74, 6) is 0. The number of allylic oxidation sites excluding steroid dienone is 2. The Morgan fingerprint density at radius 2 is 2.45 bits per heavy atom. The average molecular weight is 219 g/mol. The van der Waals surface area contributed by atoms with E-state index in [1.165, 1.54) is 0 Å². The SMILES string of the molecule is NC1NC=C(Br)C=C1CCO. The highest BCUT2D eigenvalue weighted by molar-refractivity contribution is 9.11. The maximum Gasteiger partial charge on any atom is 0.0965 e. The second-order valence-corrected chi connectivity index (χ2v) is 3.28. The van der Waals surface area contributed by atoms with Gasteiger partial charge in [0.2, 0.25) is 0 Å². The van der Waals surface area contributed by atoms with Gasteiger partial charge in [-0.15, -0.1) is 0 Å². The number of dihydropyridines is 1. The monoisotopic (exact) mass is 218 g/mol. The summed E-state index contributed by atoms with van der Waals surface area (Å²) in [5.41, 5.74) is 6.69. The Morgan fingerprint density at radius 3 is 3.09 bits per heavy atom. The lowest BCUT2D eigenvalue weighted by atomic mass is 10.1. The number of nitrogens with two attached hydrogens (primary N) is 1. The summed E-state index contributed by atoms with van der Waals surface area (Å²) in [6, 6.07) is 0. The summed E-state index contributed by atoms with van der Waals surface area (Å²) in [4.78, 5) is 0. The van der Waals surface area contributed by atoms with Crippen molar-refractivity contribution in [2.45, 2.75) is 12.6 Å². The van der Waals surface area contributed by atoms with Gasteiger partial charge in [0.1, 0.15) is 0 Å². The van der Waals surface area contributed by atoms with Crippen molar-refractivity contribution >= 4 is 15.9 Å². The van der Waals surface area contributed by atoms with Crippen molar-refractivity contribution in [3.05, 3.63) is 22.3 Å². The minimum atomic E-state index is -0.150. The predicted octanol–water partition coefficient (Wildman–Crippen LogP) is 0.420. The molecule has 62 valence electrons. The highest BCUT2D eigenvalue weighted by atomic mass is 79.9. The Labute approximate surface area is 74.1 Å². The molecule has 4 N–H and O–H groups in total. The summed E-state index contributed by atoms with van der Waals surface area (Å²) in [7, 11) is 0. The Kier molecular flexibility index (Phi) is 3.11. The largest absolute Gasteiger partial charge is 0.396 e. The Balaban J connectivity index is 2.64. The fourth-order valence-corrected chi connectivity index (χ4v) is 1.37. The molecule has 0 saturated carbocycles. The molecule has 0 radical (unpaired) electrons. The van der Waals surface area contributed by atoms with E-state index in [1.807, 2.05) is 6.08 Å².